The molecule has 110 valence electrons. The van der Waals surface area contributed by atoms with Crippen LogP contribution in [0.4, 0.5) is 5.69 Å². The van der Waals surface area contributed by atoms with Gasteiger partial charge < -0.3 is 15.4 Å². The molecule has 7 heteroatoms. The molecule has 2 rings (SSSR count). The summed E-state index contributed by atoms with van der Waals surface area (Å²) in [4.78, 5) is 11.7. The third kappa shape index (κ3) is 3.82. The Morgan fingerprint density at radius 3 is 2.62 bits per heavy atom. The maximum atomic E-state index is 11.7. The first-order valence-corrected chi connectivity index (χ1v) is 6.64. The van der Waals surface area contributed by atoms with E-state index in [0.717, 1.165) is 11.3 Å². The number of methoxy groups -OCH3 is 1. The van der Waals surface area contributed by atoms with E-state index in [1.807, 2.05) is 24.3 Å². The number of amides is 1. The van der Waals surface area contributed by atoms with Gasteiger partial charge in [-0.3, -0.25) is 4.79 Å². The number of ether oxygens (including phenoxy) is 1. The number of nitrogens with zero attached hydrogens (tertiary/aromatic N) is 2. The summed E-state index contributed by atoms with van der Waals surface area (Å²) < 4.78 is 5.10. The van der Waals surface area contributed by atoms with Gasteiger partial charge in [-0.15, -0.1) is 10.2 Å². The van der Waals surface area contributed by atoms with Crippen LogP contribution in [-0.2, 0) is 6.54 Å². The fraction of sp³-hybridized carbons (Fsp3) is 0.214. The van der Waals surface area contributed by atoms with Crippen molar-refractivity contribution >= 4 is 23.2 Å². The molecule has 0 bridgehead atoms. The Morgan fingerprint density at radius 2 is 2.00 bits per heavy atom. The molecule has 6 nitrogen and oxygen atoms in total. The zero-order valence-corrected chi connectivity index (χ0v) is 12.4. The number of hydrogen-bond donors (Lipinski definition) is 2. The van der Waals surface area contributed by atoms with Crippen LogP contribution in [-0.4, -0.2) is 30.3 Å². The number of carbonyl (C=O) groups excluding carboxylic acids is 1. The number of halogens is 1. The molecule has 0 fully saturated rings. The van der Waals surface area contributed by atoms with E-state index in [2.05, 4.69) is 20.8 Å². The van der Waals surface area contributed by atoms with Crippen molar-refractivity contribution in [2.24, 2.45) is 0 Å². The number of nitrogens with one attached hydrogen (secondary N) is 2. The molecule has 21 heavy (non-hydrogen) atoms. The van der Waals surface area contributed by atoms with E-state index in [4.69, 9.17) is 16.3 Å². The minimum atomic E-state index is -0.323. The van der Waals surface area contributed by atoms with Crippen LogP contribution >= 0.6 is 11.6 Å². The molecular weight excluding hydrogens is 292 g/mol. The summed E-state index contributed by atoms with van der Waals surface area (Å²) >= 11 is 5.82. The highest BCUT2D eigenvalue weighted by Crippen LogP contribution is 2.18. The molecule has 0 aliphatic rings. The summed E-state index contributed by atoms with van der Waals surface area (Å²) in [5.74, 6) is 0.467. The topological polar surface area (TPSA) is 76.1 Å². The van der Waals surface area contributed by atoms with E-state index in [0.29, 0.717) is 12.2 Å². The predicted molar refractivity (Wildman–Crippen MR) is 80.8 cm³/mol. The summed E-state index contributed by atoms with van der Waals surface area (Å²) in [5.41, 5.74) is 1.77. The van der Waals surface area contributed by atoms with E-state index >= 15 is 0 Å². The Balaban J connectivity index is 2.14. The summed E-state index contributed by atoms with van der Waals surface area (Å²) in [6.07, 6.45) is 0. The van der Waals surface area contributed by atoms with Gasteiger partial charge in [-0.2, -0.15) is 0 Å². The maximum absolute atomic E-state index is 11.7. The molecule has 0 aliphatic heterocycles. The van der Waals surface area contributed by atoms with E-state index in [9.17, 15) is 4.79 Å². The molecule has 0 unspecified atom stereocenters. The zero-order valence-electron chi connectivity index (χ0n) is 11.7. The van der Waals surface area contributed by atoms with E-state index in [-0.39, 0.29) is 16.8 Å². The highest BCUT2D eigenvalue weighted by Gasteiger charge is 2.13. The molecule has 1 aromatic heterocycles. The third-order valence-corrected chi connectivity index (χ3v) is 3.03. The van der Waals surface area contributed by atoms with Gasteiger partial charge in [-0.25, -0.2) is 0 Å². The summed E-state index contributed by atoms with van der Waals surface area (Å²) in [6.45, 7) is 0.524. The van der Waals surface area contributed by atoms with Crippen molar-refractivity contribution < 1.29 is 9.53 Å². The first kappa shape index (κ1) is 15.1. The highest BCUT2D eigenvalue weighted by molar-refractivity contribution is 6.29. The first-order chi connectivity index (χ1) is 10.1. The molecule has 0 atom stereocenters. The molecular formula is C14H15ClN4O2. The van der Waals surface area contributed by atoms with Gasteiger partial charge >= 0.3 is 0 Å². The van der Waals surface area contributed by atoms with Gasteiger partial charge in [0.1, 0.15) is 5.75 Å². The van der Waals surface area contributed by atoms with E-state index in [1.165, 1.54) is 7.05 Å². The van der Waals surface area contributed by atoms with Gasteiger partial charge in [0.2, 0.25) is 0 Å². The average Bonchev–Trinajstić information content (AvgIpc) is 2.52. The largest absolute Gasteiger partial charge is 0.497 e. The van der Waals surface area contributed by atoms with Crippen molar-refractivity contribution in [2.45, 2.75) is 6.54 Å². The lowest BCUT2D eigenvalue weighted by Gasteiger charge is -2.10. The van der Waals surface area contributed by atoms with Crippen molar-refractivity contribution in [1.29, 1.82) is 0 Å². The normalized spacial score (nSPS) is 10.0. The van der Waals surface area contributed by atoms with Crippen molar-refractivity contribution in [3.8, 4) is 5.75 Å². The monoisotopic (exact) mass is 306 g/mol. The average molecular weight is 307 g/mol. The van der Waals surface area contributed by atoms with Crippen LogP contribution in [0.3, 0.4) is 0 Å². The molecule has 1 heterocycles. The second kappa shape index (κ2) is 6.90. The Bertz CT molecular complexity index is 631. The Kier molecular flexibility index (Phi) is 4.94. The van der Waals surface area contributed by atoms with Crippen LogP contribution in [0.2, 0.25) is 5.15 Å². The smallest absolute Gasteiger partial charge is 0.273 e. The Hall–Kier alpha value is -2.34. The summed E-state index contributed by atoms with van der Waals surface area (Å²) in [5, 5.41) is 13.4. The SMILES string of the molecule is CNC(=O)c1nnc(Cl)cc1NCc1ccc(OC)cc1. The molecule has 0 radical (unpaired) electrons. The lowest BCUT2D eigenvalue weighted by atomic mass is 10.2. The lowest BCUT2D eigenvalue weighted by Crippen LogP contribution is -2.21. The fourth-order valence-electron chi connectivity index (χ4n) is 1.73. The third-order valence-electron chi connectivity index (χ3n) is 2.85. The van der Waals surface area contributed by atoms with Crippen molar-refractivity contribution in [2.75, 3.05) is 19.5 Å². The number of hydrogen-bond acceptors (Lipinski definition) is 5. The molecule has 2 aromatic rings. The van der Waals surface area contributed by atoms with Crippen LogP contribution in [0.25, 0.3) is 0 Å². The second-order valence-electron chi connectivity index (χ2n) is 4.21. The summed E-state index contributed by atoms with van der Waals surface area (Å²) in [7, 11) is 3.15. The van der Waals surface area contributed by atoms with Crippen molar-refractivity contribution in [1.82, 2.24) is 15.5 Å². The molecule has 0 saturated heterocycles. The fourth-order valence-corrected chi connectivity index (χ4v) is 1.88. The van der Waals surface area contributed by atoms with Gasteiger partial charge in [0.15, 0.2) is 10.8 Å². The number of benzene rings is 1. The van der Waals surface area contributed by atoms with Gasteiger partial charge in [-0.1, -0.05) is 23.7 Å². The molecule has 1 amide bonds. The standard InChI is InChI=1S/C14H15ClN4O2/c1-16-14(20)13-11(7-12(15)18-19-13)17-8-9-3-5-10(21-2)6-4-9/h3-7H,8H2,1-2H3,(H,16,20)(H,17,18). The van der Waals surface area contributed by atoms with Crippen LogP contribution in [0.5, 0.6) is 5.75 Å². The first-order valence-electron chi connectivity index (χ1n) is 6.26. The second-order valence-corrected chi connectivity index (χ2v) is 4.60. The van der Waals surface area contributed by atoms with Crippen LogP contribution in [0.15, 0.2) is 30.3 Å². The number of rotatable bonds is 5. The molecule has 0 aliphatic carbocycles. The van der Waals surface area contributed by atoms with Gasteiger partial charge in [-0.05, 0) is 17.7 Å². The zero-order chi connectivity index (χ0) is 15.2. The van der Waals surface area contributed by atoms with Gasteiger partial charge in [0, 0.05) is 19.7 Å². The molecule has 1 aromatic carbocycles. The van der Waals surface area contributed by atoms with Gasteiger partial charge in [0.25, 0.3) is 5.91 Å². The van der Waals surface area contributed by atoms with Crippen LogP contribution in [0, 0.1) is 0 Å². The number of aromatic nitrogens is 2. The van der Waals surface area contributed by atoms with Crippen molar-refractivity contribution in [3.63, 3.8) is 0 Å². The molecule has 2 N–H and O–H groups in total. The summed E-state index contributed by atoms with van der Waals surface area (Å²) in [6, 6.07) is 9.18. The van der Waals surface area contributed by atoms with E-state index < -0.39 is 0 Å². The minimum absolute atomic E-state index is 0.204. The quantitative estimate of drug-likeness (QED) is 0.885. The minimum Gasteiger partial charge on any atom is -0.497 e. The van der Waals surface area contributed by atoms with Crippen molar-refractivity contribution in [3.05, 3.63) is 46.7 Å². The highest BCUT2D eigenvalue weighted by atomic mass is 35.5. The molecule has 0 spiro atoms. The number of carbonyl (C=O) groups is 1. The van der Waals surface area contributed by atoms with Gasteiger partial charge in [0.05, 0.1) is 12.8 Å². The number of anilines is 1. The Labute approximate surface area is 127 Å². The van der Waals surface area contributed by atoms with Crippen LogP contribution < -0.4 is 15.4 Å². The molecule has 0 saturated carbocycles. The predicted octanol–water partition coefficient (Wildman–Crippen LogP) is 2.11. The maximum Gasteiger partial charge on any atom is 0.273 e. The lowest BCUT2D eigenvalue weighted by molar-refractivity contribution is 0.0958. The van der Waals surface area contributed by atoms with E-state index in [1.54, 1.807) is 13.2 Å². The van der Waals surface area contributed by atoms with Crippen LogP contribution in [0.1, 0.15) is 16.1 Å². The Morgan fingerprint density at radius 1 is 1.29 bits per heavy atom.